The molecule has 0 aromatic rings. The van der Waals surface area contributed by atoms with Gasteiger partial charge in [-0.3, -0.25) is 0 Å². The van der Waals surface area contributed by atoms with Gasteiger partial charge in [-0.1, -0.05) is 110 Å². The molecular weight excluding hydrogens is 296 g/mol. The summed E-state index contributed by atoms with van der Waals surface area (Å²) in [6.45, 7) is 5.13. The fourth-order valence-corrected chi connectivity index (χ4v) is 3.14. The van der Waals surface area contributed by atoms with Gasteiger partial charge in [0.15, 0.2) is 6.29 Å². The second kappa shape index (κ2) is 21.0. The van der Waals surface area contributed by atoms with Crippen LogP contribution in [0.25, 0.3) is 0 Å². The Hall–Kier alpha value is -0.0800. The number of ether oxygens (including phenoxy) is 1. The normalized spacial score (nSPS) is 12.6. The van der Waals surface area contributed by atoms with Crippen molar-refractivity contribution < 1.29 is 9.84 Å². The van der Waals surface area contributed by atoms with E-state index in [0.29, 0.717) is 6.61 Å². The standard InChI is InChI=1S/C22H46O2/c1-3-5-7-8-9-10-11-12-13-14-15-16-17-18-19-20-22(23)24-21-6-4-2/h22-23H,3-21H2,1-2H3. The van der Waals surface area contributed by atoms with Gasteiger partial charge in [0.05, 0.1) is 0 Å². The smallest absolute Gasteiger partial charge is 0.154 e. The fourth-order valence-electron chi connectivity index (χ4n) is 3.14. The average Bonchev–Trinajstić information content (AvgIpc) is 2.58. The van der Waals surface area contributed by atoms with Crippen LogP contribution < -0.4 is 0 Å². The van der Waals surface area contributed by atoms with Crippen molar-refractivity contribution in [2.45, 2.75) is 136 Å². The lowest BCUT2D eigenvalue weighted by atomic mass is 10.0. The average molecular weight is 343 g/mol. The zero-order chi connectivity index (χ0) is 17.7. The summed E-state index contributed by atoms with van der Waals surface area (Å²) >= 11 is 0. The summed E-state index contributed by atoms with van der Waals surface area (Å²) in [6, 6.07) is 0. The lowest BCUT2D eigenvalue weighted by molar-refractivity contribution is -0.104. The summed E-state index contributed by atoms with van der Waals surface area (Å²) in [6.07, 6.45) is 23.2. The lowest BCUT2D eigenvalue weighted by Crippen LogP contribution is -2.12. The number of rotatable bonds is 20. The van der Waals surface area contributed by atoms with E-state index in [-0.39, 0.29) is 0 Å². The number of hydrogen-bond donors (Lipinski definition) is 1. The maximum Gasteiger partial charge on any atom is 0.154 e. The molecule has 0 saturated carbocycles. The van der Waals surface area contributed by atoms with Crippen LogP contribution in [0.4, 0.5) is 0 Å². The Morgan fingerprint density at radius 1 is 0.542 bits per heavy atom. The van der Waals surface area contributed by atoms with E-state index in [1.54, 1.807) is 0 Å². The summed E-state index contributed by atoms with van der Waals surface area (Å²) in [7, 11) is 0. The molecule has 0 spiro atoms. The summed E-state index contributed by atoms with van der Waals surface area (Å²) in [5, 5.41) is 9.66. The first-order valence-electron chi connectivity index (χ1n) is 11.1. The van der Waals surface area contributed by atoms with Gasteiger partial charge in [-0.15, -0.1) is 0 Å². The topological polar surface area (TPSA) is 29.5 Å². The minimum Gasteiger partial charge on any atom is -0.368 e. The molecule has 0 aromatic carbocycles. The molecule has 0 saturated heterocycles. The number of unbranched alkanes of at least 4 members (excludes halogenated alkanes) is 15. The van der Waals surface area contributed by atoms with Crippen molar-refractivity contribution in [1.82, 2.24) is 0 Å². The van der Waals surface area contributed by atoms with E-state index in [1.165, 1.54) is 89.9 Å². The van der Waals surface area contributed by atoms with E-state index in [0.717, 1.165) is 25.7 Å². The molecule has 0 aliphatic rings. The van der Waals surface area contributed by atoms with Gasteiger partial charge in [0.25, 0.3) is 0 Å². The molecule has 0 heterocycles. The van der Waals surface area contributed by atoms with E-state index in [1.807, 2.05) is 0 Å². The zero-order valence-corrected chi connectivity index (χ0v) is 16.9. The molecule has 24 heavy (non-hydrogen) atoms. The van der Waals surface area contributed by atoms with Crippen LogP contribution in [0.1, 0.15) is 129 Å². The van der Waals surface area contributed by atoms with Gasteiger partial charge >= 0.3 is 0 Å². The van der Waals surface area contributed by atoms with Gasteiger partial charge in [0.2, 0.25) is 0 Å². The molecule has 0 radical (unpaired) electrons. The van der Waals surface area contributed by atoms with Crippen LogP contribution in [-0.4, -0.2) is 18.0 Å². The molecule has 0 aliphatic carbocycles. The summed E-state index contributed by atoms with van der Waals surface area (Å²) in [5.74, 6) is 0. The first kappa shape index (κ1) is 23.9. The van der Waals surface area contributed by atoms with Crippen molar-refractivity contribution in [2.75, 3.05) is 6.61 Å². The van der Waals surface area contributed by atoms with Gasteiger partial charge in [-0.05, 0) is 19.3 Å². The van der Waals surface area contributed by atoms with Gasteiger partial charge in [-0.2, -0.15) is 0 Å². The Morgan fingerprint density at radius 3 is 1.33 bits per heavy atom. The van der Waals surface area contributed by atoms with Crippen LogP contribution in [-0.2, 0) is 4.74 Å². The van der Waals surface area contributed by atoms with Gasteiger partial charge in [0.1, 0.15) is 0 Å². The highest BCUT2D eigenvalue weighted by molar-refractivity contribution is 4.51. The van der Waals surface area contributed by atoms with Crippen LogP contribution in [0.2, 0.25) is 0 Å². The molecular formula is C22H46O2. The van der Waals surface area contributed by atoms with E-state index < -0.39 is 6.29 Å². The molecule has 0 fully saturated rings. The predicted octanol–water partition coefficient (Wildman–Crippen LogP) is 7.38. The molecule has 0 bridgehead atoms. The second-order valence-corrected chi connectivity index (χ2v) is 7.42. The molecule has 0 rings (SSSR count). The van der Waals surface area contributed by atoms with Crippen molar-refractivity contribution >= 4 is 0 Å². The molecule has 146 valence electrons. The van der Waals surface area contributed by atoms with Crippen molar-refractivity contribution in [1.29, 1.82) is 0 Å². The Labute approximate surface area is 152 Å². The Kier molecular flexibility index (Phi) is 20.9. The summed E-state index contributed by atoms with van der Waals surface area (Å²) < 4.78 is 5.36. The first-order chi connectivity index (χ1) is 11.8. The fraction of sp³-hybridized carbons (Fsp3) is 1.00. The third-order valence-electron chi connectivity index (χ3n) is 4.86. The summed E-state index contributed by atoms with van der Waals surface area (Å²) in [5.41, 5.74) is 0. The summed E-state index contributed by atoms with van der Waals surface area (Å²) in [4.78, 5) is 0. The number of aliphatic hydroxyl groups is 1. The second-order valence-electron chi connectivity index (χ2n) is 7.42. The van der Waals surface area contributed by atoms with E-state index in [9.17, 15) is 5.11 Å². The van der Waals surface area contributed by atoms with Crippen LogP contribution >= 0.6 is 0 Å². The molecule has 0 aromatic heterocycles. The number of aliphatic hydroxyl groups excluding tert-OH is 1. The third-order valence-corrected chi connectivity index (χ3v) is 4.86. The molecule has 1 unspecified atom stereocenters. The van der Waals surface area contributed by atoms with Crippen molar-refractivity contribution in [3.63, 3.8) is 0 Å². The Bertz CT molecular complexity index is 218. The van der Waals surface area contributed by atoms with Gasteiger partial charge < -0.3 is 9.84 Å². The third kappa shape index (κ3) is 20.0. The first-order valence-corrected chi connectivity index (χ1v) is 11.1. The SMILES string of the molecule is CCCCCCCCCCCCCCCCCC(O)OCCCC. The molecule has 1 atom stereocenters. The monoisotopic (exact) mass is 342 g/mol. The Morgan fingerprint density at radius 2 is 0.917 bits per heavy atom. The van der Waals surface area contributed by atoms with Crippen molar-refractivity contribution in [3.8, 4) is 0 Å². The van der Waals surface area contributed by atoms with E-state index >= 15 is 0 Å². The van der Waals surface area contributed by atoms with Gasteiger partial charge in [0, 0.05) is 6.61 Å². The highest BCUT2D eigenvalue weighted by atomic mass is 16.6. The number of hydrogen-bond acceptors (Lipinski definition) is 2. The van der Waals surface area contributed by atoms with Crippen LogP contribution in [0.5, 0.6) is 0 Å². The highest BCUT2D eigenvalue weighted by Gasteiger charge is 2.02. The van der Waals surface area contributed by atoms with E-state index in [4.69, 9.17) is 4.74 Å². The maximum atomic E-state index is 9.66. The zero-order valence-electron chi connectivity index (χ0n) is 16.9. The van der Waals surface area contributed by atoms with Crippen LogP contribution in [0.15, 0.2) is 0 Å². The molecule has 1 N–H and O–H groups in total. The highest BCUT2D eigenvalue weighted by Crippen LogP contribution is 2.14. The van der Waals surface area contributed by atoms with Crippen LogP contribution in [0.3, 0.4) is 0 Å². The quantitative estimate of drug-likeness (QED) is 0.185. The van der Waals surface area contributed by atoms with Crippen molar-refractivity contribution in [3.05, 3.63) is 0 Å². The maximum absolute atomic E-state index is 9.66. The lowest BCUT2D eigenvalue weighted by Gasteiger charge is -2.11. The van der Waals surface area contributed by atoms with E-state index in [2.05, 4.69) is 13.8 Å². The molecule has 0 amide bonds. The molecule has 2 nitrogen and oxygen atoms in total. The predicted molar refractivity (Wildman–Crippen MR) is 106 cm³/mol. The van der Waals surface area contributed by atoms with Gasteiger partial charge in [-0.25, -0.2) is 0 Å². The molecule has 0 aliphatic heterocycles. The minimum atomic E-state index is -0.529. The largest absolute Gasteiger partial charge is 0.368 e. The minimum absolute atomic E-state index is 0.529. The Balaban J connectivity index is 3.05. The van der Waals surface area contributed by atoms with Crippen molar-refractivity contribution in [2.24, 2.45) is 0 Å². The molecule has 2 heteroatoms. The van der Waals surface area contributed by atoms with Crippen LogP contribution in [0, 0.1) is 0 Å².